The van der Waals surface area contributed by atoms with E-state index >= 15 is 0 Å². The number of fused-ring (bicyclic) bond motifs is 1. The van der Waals surface area contributed by atoms with Crippen LogP contribution in [-0.2, 0) is 16.0 Å². The van der Waals surface area contributed by atoms with Crippen LogP contribution in [-0.4, -0.2) is 23.8 Å². The Morgan fingerprint density at radius 1 is 1.59 bits per heavy atom. The second-order valence-corrected chi connectivity index (χ2v) is 4.33. The van der Waals surface area contributed by atoms with Crippen molar-refractivity contribution < 1.29 is 19.4 Å². The predicted octanol–water partition coefficient (Wildman–Crippen LogP) is 1.96. The molecule has 1 aromatic rings. The van der Waals surface area contributed by atoms with Crippen molar-refractivity contribution in [3.63, 3.8) is 0 Å². The number of phenols is 1. The number of carbonyl (C=O) groups is 1. The molecule has 1 aromatic carbocycles. The molecule has 0 saturated heterocycles. The van der Waals surface area contributed by atoms with Crippen molar-refractivity contribution in [2.45, 2.75) is 32.8 Å². The smallest absolute Gasteiger partial charge is 0.302 e. The van der Waals surface area contributed by atoms with Crippen molar-refractivity contribution in [3.05, 3.63) is 23.3 Å². The van der Waals surface area contributed by atoms with Gasteiger partial charge in [0.2, 0.25) is 0 Å². The van der Waals surface area contributed by atoms with Crippen LogP contribution in [0.4, 0.5) is 0 Å². The van der Waals surface area contributed by atoms with Crippen LogP contribution in [0, 0.1) is 6.92 Å². The van der Waals surface area contributed by atoms with Gasteiger partial charge < -0.3 is 14.6 Å². The summed E-state index contributed by atoms with van der Waals surface area (Å²) in [6, 6.07) is 3.57. The van der Waals surface area contributed by atoms with Crippen molar-refractivity contribution in [3.8, 4) is 11.5 Å². The lowest BCUT2D eigenvalue weighted by Crippen LogP contribution is -2.28. The standard InChI is InChI=1S/C13H16O4/c1-8-5-13-10(6-12(8)15)3-4-11(17-13)7-16-9(2)14/h5-6,11,15H,3-4,7H2,1-2H3. The number of benzene rings is 1. The highest BCUT2D eigenvalue weighted by Gasteiger charge is 2.21. The number of aryl methyl sites for hydroxylation is 2. The summed E-state index contributed by atoms with van der Waals surface area (Å²) in [4.78, 5) is 10.7. The van der Waals surface area contributed by atoms with Crippen LogP contribution in [0.3, 0.4) is 0 Å². The van der Waals surface area contributed by atoms with Gasteiger partial charge in [0, 0.05) is 6.92 Å². The van der Waals surface area contributed by atoms with Crippen LogP contribution in [0.5, 0.6) is 11.5 Å². The summed E-state index contributed by atoms with van der Waals surface area (Å²) in [5.41, 5.74) is 1.80. The second kappa shape index (κ2) is 4.65. The van der Waals surface area contributed by atoms with Gasteiger partial charge in [-0.25, -0.2) is 0 Å². The summed E-state index contributed by atoms with van der Waals surface area (Å²) in [5, 5.41) is 9.59. The molecule has 4 nitrogen and oxygen atoms in total. The highest BCUT2D eigenvalue weighted by Crippen LogP contribution is 2.33. The zero-order valence-corrected chi connectivity index (χ0v) is 10.0. The maximum Gasteiger partial charge on any atom is 0.302 e. The Morgan fingerprint density at radius 2 is 2.35 bits per heavy atom. The lowest BCUT2D eigenvalue weighted by Gasteiger charge is -2.26. The summed E-state index contributed by atoms with van der Waals surface area (Å²) < 4.78 is 10.7. The molecule has 0 aliphatic carbocycles. The van der Waals surface area contributed by atoms with Crippen molar-refractivity contribution in [1.82, 2.24) is 0 Å². The maximum atomic E-state index is 10.7. The average Bonchev–Trinajstić information content (AvgIpc) is 2.28. The van der Waals surface area contributed by atoms with Gasteiger partial charge in [-0.05, 0) is 43.0 Å². The van der Waals surface area contributed by atoms with Crippen molar-refractivity contribution in [1.29, 1.82) is 0 Å². The Hall–Kier alpha value is -1.71. The van der Waals surface area contributed by atoms with Gasteiger partial charge in [-0.1, -0.05) is 0 Å². The number of rotatable bonds is 2. The van der Waals surface area contributed by atoms with Gasteiger partial charge in [-0.2, -0.15) is 0 Å². The van der Waals surface area contributed by atoms with Crippen LogP contribution in [0.1, 0.15) is 24.5 Å². The third-order valence-corrected chi connectivity index (χ3v) is 2.88. The molecule has 0 spiro atoms. The predicted molar refractivity (Wildman–Crippen MR) is 62.2 cm³/mol. The number of aromatic hydroxyl groups is 1. The molecule has 17 heavy (non-hydrogen) atoms. The number of carbonyl (C=O) groups excluding carboxylic acids is 1. The average molecular weight is 236 g/mol. The van der Waals surface area contributed by atoms with E-state index in [1.807, 2.05) is 13.0 Å². The van der Waals surface area contributed by atoms with Crippen LogP contribution >= 0.6 is 0 Å². The highest BCUT2D eigenvalue weighted by atomic mass is 16.6. The van der Waals surface area contributed by atoms with Gasteiger partial charge >= 0.3 is 5.97 Å². The zero-order valence-electron chi connectivity index (χ0n) is 10.0. The van der Waals surface area contributed by atoms with E-state index in [1.54, 1.807) is 6.07 Å². The quantitative estimate of drug-likeness (QED) is 0.797. The molecule has 0 amide bonds. The Balaban J connectivity index is 2.08. The van der Waals surface area contributed by atoms with E-state index in [0.717, 1.165) is 29.7 Å². The molecule has 1 N–H and O–H groups in total. The first-order valence-electron chi connectivity index (χ1n) is 5.69. The van der Waals surface area contributed by atoms with E-state index in [0.29, 0.717) is 5.75 Å². The van der Waals surface area contributed by atoms with Crippen LogP contribution in [0.15, 0.2) is 12.1 Å². The lowest BCUT2D eigenvalue weighted by molar-refractivity contribution is -0.143. The van der Waals surface area contributed by atoms with Gasteiger partial charge in [-0.3, -0.25) is 4.79 Å². The molecule has 0 aromatic heterocycles. The van der Waals surface area contributed by atoms with Crippen LogP contribution in [0.25, 0.3) is 0 Å². The van der Waals surface area contributed by atoms with E-state index in [1.165, 1.54) is 6.92 Å². The summed E-state index contributed by atoms with van der Waals surface area (Å²) in [6.07, 6.45) is 1.54. The van der Waals surface area contributed by atoms with E-state index in [9.17, 15) is 9.90 Å². The van der Waals surface area contributed by atoms with E-state index < -0.39 is 0 Å². The van der Waals surface area contributed by atoms with Crippen molar-refractivity contribution in [2.24, 2.45) is 0 Å². The Bertz CT molecular complexity index is 439. The fourth-order valence-corrected chi connectivity index (χ4v) is 1.90. The molecule has 4 heteroatoms. The molecular weight excluding hydrogens is 220 g/mol. The Morgan fingerprint density at radius 3 is 3.06 bits per heavy atom. The van der Waals surface area contributed by atoms with Gasteiger partial charge in [0.1, 0.15) is 24.2 Å². The third-order valence-electron chi connectivity index (χ3n) is 2.88. The normalized spacial score (nSPS) is 18.1. The first-order valence-corrected chi connectivity index (χ1v) is 5.69. The summed E-state index contributed by atoms with van der Waals surface area (Å²) in [6.45, 7) is 3.50. The summed E-state index contributed by atoms with van der Waals surface area (Å²) >= 11 is 0. The van der Waals surface area contributed by atoms with Crippen LogP contribution < -0.4 is 4.74 Å². The van der Waals surface area contributed by atoms with Gasteiger partial charge in [-0.15, -0.1) is 0 Å². The van der Waals surface area contributed by atoms with E-state index in [4.69, 9.17) is 9.47 Å². The molecule has 1 atom stereocenters. The number of esters is 1. The molecule has 1 aliphatic heterocycles. The molecule has 2 rings (SSSR count). The van der Waals surface area contributed by atoms with E-state index in [2.05, 4.69) is 0 Å². The topological polar surface area (TPSA) is 55.8 Å². The lowest BCUT2D eigenvalue weighted by atomic mass is 10.0. The maximum absolute atomic E-state index is 10.7. The fourth-order valence-electron chi connectivity index (χ4n) is 1.90. The molecule has 0 saturated carbocycles. The summed E-state index contributed by atoms with van der Waals surface area (Å²) in [7, 11) is 0. The second-order valence-electron chi connectivity index (χ2n) is 4.33. The third kappa shape index (κ3) is 2.70. The highest BCUT2D eigenvalue weighted by molar-refractivity contribution is 5.65. The summed E-state index contributed by atoms with van der Waals surface area (Å²) in [5.74, 6) is 0.788. The van der Waals surface area contributed by atoms with Gasteiger partial charge in [0.05, 0.1) is 0 Å². The Labute approximate surface area is 100 Å². The first-order chi connectivity index (χ1) is 8.06. The number of ether oxygens (including phenoxy) is 2. The largest absolute Gasteiger partial charge is 0.508 e. The minimum absolute atomic E-state index is 0.0876. The van der Waals surface area contributed by atoms with Crippen molar-refractivity contribution in [2.75, 3.05) is 6.61 Å². The molecule has 1 heterocycles. The molecule has 1 unspecified atom stereocenters. The minimum atomic E-state index is -0.290. The number of hydrogen-bond acceptors (Lipinski definition) is 4. The molecule has 0 bridgehead atoms. The molecular formula is C13H16O4. The van der Waals surface area contributed by atoms with E-state index in [-0.39, 0.29) is 18.7 Å². The van der Waals surface area contributed by atoms with Gasteiger partial charge in [0.15, 0.2) is 0 Å². The molecule has 1 aliphatic rings. The molecule has 0 fully saturated rings. The number of hydrogen-bond donors (Lipinski definition) is 1. The van der Waals surface area contributed by atoms with Crippen molar-refractivity contribution >= 4 is 5.97 Å². The first kappa shape index (κ1) is 11.8. The van der Waals surface area contributed by atoms with Gasteiger partial charge in [0.25, 0.3) is 0 Å². The SMILES string of the molecule is CC(=O)OCC1CCc2cc(O)c(C)cc2O1. The fraction of sp³-hybridized carbons (Fsp3) is 0.462. The molecule has 92 valence electrons. The van der Waals surface area contributed by atoms with Crippen LogP contribution in [0.2, 0.25) is 0 Å². The Kier molecular flexibility index (Phi) is 3.22. The minimum Gasteiger partial charge on any atom is -0.508 e. The number of phenolic OH excluding ortho intramolecular Hbond substituents is 1. The zero-order chi connectivity index (χ0) is 12.4. The molecule has 0 radical (unpaired) electrons. The monoisotopic (exact) mass is 236 g/mol.